The predicted molar refractivity (Wildman–Crippen MR) is 94.9 cm³/mol. The van der Waals surface area contributed by atoms with Crippen molar-refractivity contribution in [3.63, 3.8) is 0 Å². The van der Waals surface area contributed by atoms with Gasteiger partial charge in [-0.2, -0.15) is 0 Å². The number of ether oxygens (including phenoxy) is 1. The number of hydrogen-bond acceptors (Lipinski definition) is 6. The van der Waals surface area contributed by atoms with E-state index in [1.165, 1.54) is 0 Å². The monoisotopic (exact) mass is 364 g/mol. The van der Waals surface area contributed by atoms with Gasteiger partial charge in [-0.15, -0.1) is 5.10 Å². The van der Waals surface area contributed by atoms with E-state index in [1.54, 1.807) is 45.9 Å². The van der Waals surface area contributed by atoms with Crippen molar-refractivity contribution in [2.24, 2.45) is 0 Å². The van der Waals surface area contributed by atoms with E-state index < -0.39 is 17.3 Å². The van der Waals surface area contributed by atoms with Crippen molar-refractivity contribution in [1.82, 2.24) is 15.2 Å². The number of amides is 1. The molecule has 8 nitrogen and oxygen atoms in total. The van der Waals surface area contributed by atoms with E-state index in [4.69, 9.17) is 4.74 Å². The molecule has 0 aliphatic heterocycles. The summed E-state index contributed by atoms with van der Waals surface area (Å²) in [6.45, 7) is 7.19. The Hall–Kier alpha value is -2.55. The van der Waals surface area contributed by atoms with E-state index >= 15 is 0 Å². The fourth-order valence-electron chi connectivity index (χ4n) is 1.96. The van der Waals surface area contributed by atoms with Crippen molar-refractivity contribution in [3.05, 3.63) is 39.8 Å². The number of benzene rings is 1. The summed E-state index contributed by atoms with van der Waals surface area (Å²) in [5.41, 5.74) is 0.746. The van der Waals surface area contributed by atoms with Crippen LogP contribution in [0.3, 0.4) is 0 Å². The number of hydrogen-bond donors (Lipinski definition) is 3. The summed E-state index contributed by atoms with van der Waals surface area (Å²) < 4.78 is 5.35. The van der Waals surface area contributed by atoms with Crippen LogP contribution in [0.4, 0.5) is 5.69 Å². The van der Waals surface area contributed by atoms with Gasteiger partial charge in [0.1, 0.15) is 5.60 Å². The zero-order chi connectivity index (χ0) is 18.6. The van der Waals surface area contributed by atoms with Crippen LogP contribution in [0.1, 0.15) is 36.7 Å². The van der Waals surface area contributed by atoms with E-state index in [9.17, 15) is 14.4 Å². The Balaban J connectivity index is 1.96. The average Bonchev–Trinajstić information content (AvgIpc) is 2.89. The highest BCUT2D eigenvalue weighted by Gasteiger charge is 2.19. The predicted octanol–water partition coefficient (Wildman–Crippen LogP) is 2.09. The third-order valence-electron chi connectivity index (χ3n) is 2.95. The number of thioether (sulfide) groups is 1. The summed E-state index contributed by atoms with van der Waals surface area (Å²) in [6.07, 6.45) is 0. The second-order valence-electron chi connectivity index (χ2n) is 6.35. The minimum atomic E-state index is -0.569. The lowest BCUT2D eigenvalue weighted by Gasteiger charge is -2.20. The van der Waals surface area contributed by atoms with E-state index in [0.717, 1.165) is 11.8 Å². The molecule has 0 radical (unpaired) electrons. The van der Waals surface area contributed by atoms with Gasteiger partial charge in [0.15, 0.2) is 5.16 Å². The zero-order valence-electron chi connectivity index (χ0n) is 14.4. The molecule has 1 aromatic carbocycles. The molecule has 0 spiro atoms. The maximum absolute atomic E-state index is 12.1. The maximum Gasteiger partial charge on any atom is 0.341 e. The molecule has 0 saturated carbocycles. The van der Waals surface area contributed by atoms with Crippen LogP contribution in [0.25, 0.3) is 0 Å². The number of nitrogens with one attached hydrogen (secondary N) is 3. The molecule has 0 atom stereocenters. The smallest absolute Gasteiger partial charge is 0.341 e. The van der Waals surface area contributed by atoms with E-state index in [1.807, 2.05) is 0 Å². The topological polar surface area (TPSA) is 117 Å². The Kier molecular flexibility index (Phi) is 5.68. The number of H-pyrrole nitrogens is 2. The number of aromatic amines is 2. The van der Waals surface area contributed by atoms with Crippen molar-refractivity contribution in [3.8, 4) is 0 Å². The van der Waals surface area contributed by atoms with Gasteiger partial charge < -0.3 is 10.1 Å². The lowest BCUT2D eigenvalue weighted by Crippen LogP contribution is -2.24. The minimum absolute atomic E-state index is 0.0909. The van der Waals surface area contributed by atoms with Gasteiger partial charge in [0.05, 0.1) is 11.3 Å². The molecule has 3 N–H and O–H groups in total. The molecule has 0 unspecified atom stereocenters. The number of carbonyl (C=O) groups excluding carboxylic acids is 2. The molecular weight excluding hydrogens is 344 g/mol. The first-order valence-corrected chi connectivity index (χ1v) is 8.54. The maximum atomic E-state index is 12.1. The van der Waals surface area contributed by atoms with E-state index in [-0.39, 0.29) is 11.7 Å². The highest BCUT2D eigenvalue weighted by atomic mass is 32.2. The van der Waals surface area contributed by atoms with Gasteiger partial charge in [0.25, 0.3) is 0 Å². The summed E-state index contributed by atoms with van der Waals surface area (Å²) >= 11 is 1.10. The molecule has 1 amide bonds. The van der Waals surface area contributed by atoms with Crippen LogP contribution in [0.5, 0.6) is 0 Å². The molecule has 0 bridgehead atoms. The molecule has 0 fully saturated rings. The number of carbonyl (C=O) groups is 2. The number of aromatic nitrogens is 3. The SMILES string of the molecule is Cc1cc(NC(=O)CSc2n[nH]c(=O)[nH]2)ccc1C(=O)OC(C)(C)C. The molecule has 2 aromatic rings. The molecule has 9 heteroatoms. The summed E-state index contributed by atoms with van der Waals surface area (Å²) in [5, 5.41) is 9.01. The Bertz CT molecular complexity index is 835. The minimum Gasteiger partial charge on any atom is -0.456 e. The number of esters is 1. The van der Waals surface area contributed by atoms with Gasteiger partial charge in [0, 0.05) is 5.69 Å². The molecule has 1 aromatic heterocycles. The highest BCUT2D eigenvalue weighted by Crippen LogP contribution is 2.19. The largest absolute Gasteiger partial charge is 0.456 e. The Morgan fingerprint density at radius 3 is 2.60 bits per heavy atom. The van der Waals surface area contributed by atoms with Crippen LogP contribution in [-0.4, -0.2) is 38.4 Å². The zero-order valence-corrected chi connectivity index (χ0v) is 15.2. The van der Waals surface area contributed by atoms with Crippen molar-refractivity contribution >= 4 is 29.3 Å². The Labute approximate surface area is 148 Å². The molecule has 2 rings (SSSR count). The van der Waals surface area contributed by atoms with Crippen LogP contribution in [-0.2, 0) is 9.53 Å². The molecule has 0 aliphatic carbocycles. The van der Waals surface area contributed by atoms with Crippen molar-refractivity contribution in [2.45, 2.75) is 38.5 Å². The first-order chi connectivity index (χ1) is 11.6. The van der Waals surface area contributed by atoms with Crippen molar-refractivity contribution in [1.29, 1.82) is 0 Å². The van der Waals surface area contributed by atoms with Crippen LogP contribution in [0.2, 0.25) is 0 Å². The first kappa shape index (κ1) is 18.8. The van der Waals surface area contributed by atoms with Gasteiger partial charge in [-0.3, -0.25) is 9.78 Å². The number of aryl methyl sites for hydroxylation is 1. The fraction of sp³-hybridized carbons (Fsp3) is 0.375. The van der Waals surface area contributed by atoms with Crippen LogP contribution in [0, 0.1) is 6.92 Å². The third-order valence-corrected chi connectivity index (χ3v) is 3.82. The van der Waals surface area contributed by atoms with E-state index in [0.29, 0.717) is 22.0 Å². The van der Waals surface area contributed by atoms with Crippen LogP contribution < -0.4 is 11.0 Å². The standard InChI is InChI=1S/C16H20N4O4S/c1-9-7-10(5-6-11(9)13(22)24-16(2,3)4)17-12(21)8-25-15-18-14(23)19-20-15/h5-7H,8H2,1-4H3,(H,17,21)(H2,18,19,20,23). The van der Waals surface area contributed by atoms with Crippen LogP contribution in [0.15, 0.2) is 28.2 Å². The van der Waals surface area contributed by atoms with Crippen molar-refractivity contribution in [2.75, 3.05) is 11.1 Å². The molecule has 25 heavy (non-hydrogen) atoms. The second kappa shape index (κ2) is 7.56. The molecule has 0 aliphatic rings. The summed E-state index contributed by atoms with van der Waals surface area (Å²) in [6, 6.07) is 4.97. The summed E-state index contributed by atoms with van der Waals surface area (Å²) in [4.78, 5) is 37.4. The van der Waals surface area contributed by atoms with Gasteiger partial charge >= 0.3 is 11.7 Å². The van der Waals surface area contributed by atoms with Crippen molar-refractivity contribution < 1.29 is 14.3 Å². The first-order valence-electron chi connectivity index (χ1n) is 7.55. The fourth-order valence-corrected chi connectivity index (χ4v) is 2.57. The number of rotatable bonds is 5. The normalized spacial score (nSPS) is 11.2. The average molecular weight is 364 g/mol. The summed E-state index contributed by atoms with van der Waals surface area (Å²) in [5.74, 6) is -0.563. The molecular formula is C16H20N4O4S. The van der Waals surface area contributed by atoms with Gasteiger partial charge in [-0.25, -0.2) is 14.7 Å². The Morgan fingerprint density at radius 1 is 1.32 bits per heavy atom. The van der Waals surface area contributed by atoms with Gasteiger partial charge in [-0.05, 0) is 51.5 Å². The van der Waals surface area contributed by atoms with Crippen LogP contribution >= 0.6 is 11.8 Å². The molecule has 134 valence electrons. The second-order valence-corrected chi connectivity index (χ2v) is 7.32. The van der Waals surface area contributed by atoms with Gasteiger partial charge in [0.2, 0.25) is 5.91 Å². The Morgan fingerprint density at radius 2 is 2.04 bits per heavy atom. The quantitative estimate of drug-likeness (QED) is 0.552. The molecule has 1 heterocycles. The number of nitrogens with zero attached hydrogens (tertiary/aromatic N) is 1. The van der Waals surface area contributed by atoms with Gasteiger partial charge in [-0.1, -0.05) is 11.8 Å². The number of anilines is 1. The lowest BCUT2D eigenvalue weighted by atomic mass is 10.1. The lowest BCUT2D eigenvalue weighted by molar-refractivity contribution is -0.113. The molecule has 0 saturated heterocycles. The highest BCUT2D eigenvalue weighted by molar-refractivity contribution is 7.99. The third kappa shape index (κ3) is 5.79. The van der Waals surface area contributed by atoms with E-state index in [2.05, 4.69) is 20.5 Å². The summed E-state index contributed by atoms with van der Waals surface area (Å²) in [7, 11) is 0.